The monoisotopic (exact) mass is 315 g/mol. The molecule has 0 radical (unpaired) electrons. The van der Waals surface area contributed by atoms with E-state index in [2.05, 4.69) is 12.2 Å². The van der Waals surface area contributed by atoms with Crippen molar-refractivity contribution < 1.29 is 4.74 Å². The van der Waals surface area contributed by atoms with Crippen LogP contribution in [-0.2, 0) is 11.3 Å². The summed E-state index contributed by atoms with van der Waals surface area (Å²) in [5.74, 6) is 0. The van der Waals surface area contributed by atoms with Crippen molar-refractivity contribution in [2.45, 2.75) is 57.8 Å². The van der Waals surface area contributed by atoms with E-state index in [0.717, 1.165) is 24.9 Å². The Kier molecular flexibility index (Phi) is 6.63. The van der Waals surface area contributed by atoms with Crippen LogP contribution in [0.3, 0.4) is 0 Å². The molecule has 1 aliphatic rings. The Hall–Kier alpha value is -0.280. The van der Waals surface area contributed by atoms with Crippen LogP contribution in [0.4, 0.5) is 0 Å². The third-order valence-electron chi connectivity index (χ3n) is 3.85. The highest BCUT2D eigenvalue weighted by Gasteiger charge is 2.21. The van der Waals surface area contributed by atoms with Gasteiger partial charge >= 0.3 is 0 Å². The second-order valence-electron chi connectivity index (χ2n) is 5.47. The van der Waals surface area contributed by atoms with Gasteiger partial charge in [-0.3, -0.25) is 0 Å². The van der Waals surface area contributed by atoms with E-state index >= 15 is 0 Å². The van der Waals surface area contributed by atoms with Crippen LogP contribution in [0.2, 0.25) is 10.0 Å². The second kappa shape index (κ2) is 8.23. The van der Waals surface area contributed by atoms with E-state index in [9.17, 15) is 0 Å². The number of rotatable bonds is 6. The van der Waals surface area contributed by atoms with E-state index < -0.39 is 0 Å². The van der Waals surface area contributed by atoms with Crippen LogP contribution < -0.4 is 5.32 Å². The molecule has 1 aromatic rings. The Labute approximate surface area is 131 Å². The summed E-state index contributed by atoms with van der Waals surface area (Å²) in [6.45, 7) is 3.90. The molecule has 1 fully saturated rings. The Balaban J connectivity index is 1.73. The Morgan fingerprint density at radius 2 is 1.95 bits per heavy atom. The minimum absolute atomic E-state index is 0.362. The molecule has 0 heterocycles. The minimum Gasteiger partial charge on any atom is -0.373 e. The predicted molar refractivity (Wildman–Crippen MR) is 85.6 cm³/mol. The maximum atomic E-state index is 6.15. The maximum Gasteiger partial charge on any atom is 0.0735 e. The van der Waals surface area contributed by atoms with Gasteiger partial charge in [-0.25, -0.2) is 0 Å². The molecule has 0 aliphatic heterocycles. The topological polar surface area (TPSA) is 21.3 Å². The lowest BCUT2D eigenvalue weighted by Gasteiger charge is -2.29. The van der Waals surface area contributed by atoms with Crippen LogP contribution in [0.25, 0.3) is 0 Å². The van der Waals surface area contributed by atoms with Crippen molar-refractivity contribution in [2.24, 2.45) is 0 Å². The molecule has 2 nitrogen and oxygen atoms in total. The number of ether oxygens (including phenoxy) is 1. The third kappa shape index (κ3) is 4.92. The molecule has 0 unspecified atom stereocenters. The third-order valence-corrected chi connectivity index (χ3v) is 4.43. The van der Waals surface area contributed by atoms with Crippen LogP contribution >= 0.6 is 23.2 Å². The molecule has 0 bridgehead atoms. The summed E-state index contributed by atoms with van der Waals surface area (Å²) in [5, 5.41) is 4.95. The fourth-order valence-electron chi connectivity index (χ4n) is 2.63. The molecule has 0 amide bonds. The average Bonchev–Trinajstić information content (AvgIpc) is 2.45. The molecular weight excluding hydrogens is 293 g/mol. The van der Waals surface area contributed by atoms with Gasteiger partial charge in [-0.05, 0) is 56.3 Å². The fraction of sp³-hybridized carbons (Fsp3) is 0.625. The van der Waals surface area contributed by atoms with Gasteiger partial charge in [-0.1, -0.05) is 36.2 Å². The van der Waals surface area contributed by atoms with E-state index in [1.54, 1.807) is 6.07 Å². The van der Waals surface area contributed by atoms with Gasteiger partial charge in [-0.15, -0.1) is 0 Å². The van der Waals surface area contributed by atoms with Gasteiger partial charge in [0.2, 0.25) is 0 Å². The van der Waals surface area contributed by atoms with E-state index in [1.165, 1.54) is 19.3 Å². The number of hydrogen-bond acceptors (Lipinski definition) is 2. The normalized spacial score (nSPS) is 22.9. The summed E-state index contributed by atoms with van der Waals surface area (Å²) in [6, 6.07) is 6.25. The van der Waals surface area contributed by atoms with Crippen molar-refractivity contribution in [3.05, 3.63) is 33.8 Å². The summed E-state index contributed by atoms with van der Waals surface area (Å²) in [5.41, 5.74) is 1.02. The molecule has 0 spiro atoms. The zero-order chi connectivity index (χ0) is 14.4. The van der Waals surface area contributed by atoms with Crippen molar-refractivity contribution >= 4 is 23.2 Å². The summed E-state index contributed by atoms with van der Waals surface area (Å²) in [6.07, 6.45) is 6.24. The Bertz CT molecular complexity index is 417. The molecule has 2 rings (SSSR count). The summed E-state index contributed by atoms with van der Waals surface area (Å²) >= 11 is 12.0. The molecule has 0 atom stereocenters. The van der Waals surface area contributed by atoms with Crippen molar-refractivity contribution in [3.8, 4) is 0 Å². The first kappa shape index (κ1) is 16.1. The summed E-state index contributed by atoms with van der Waals surface area (Å²) in [4.78, 5) is 0. The second-order valence-corrected chi connectivity index (χ2v) is 6.32. The highest BCUT2D eigenvalue weighted by atomic mass is 35.5. The van der Waals surface area contributed by atoms with Gasteiger partial charge in [0.25, 0.3) is 0 Å². The molecule has 4 heteroatoms. The van der Waals surface area contributed by atoms with Gasteiger partial charge in [0, 0.05) is 16.1 Å². The Morgan fingerprint density at radius 3 is 2.60 bits per heavy atom. The van der Waals surface area contributed by atoms with Gasteiger partial charge < -0.3 is 10.1 Å². The molecule has 20 heavy (non-hydrogen) atoms. The summed E-state index contributed by atoms with van der Waals surface area (Å²) in [7, 11) is 0. The minimum atomic E-state index is 0.362. The molecule has 1 saturated carbocycles. The van der Waals surface area contributed by atoms with Crippen LogP contribution in [0.5, 0.6) is 0 Å². The van der Waals surface area contributed by atoms with Crippen LogP contribution in [0.15, 0.2) is 18.2 Å². The van der Waals surface area contributed by atoms with E-state index in [-0.39, 0.29) is 0 Å². The zero-order valence-corrected chi connectivity index (χ0v) is 13.5. The number of benzene rings is 1. The summed E-state index contributed by atoms with van der Waals surface area (Å²) < 4.78 is 5.99. The first-order valence-electron chi connectivity index (χ1n) is 7.48. The lowest BCUT2D eigenvalue weighted by molar-refractivity contribution is 0.0114. The Morgan fingerprint density at radius 1 is 1.20 bits per heavy atom. The lowest BCUT2D eigenvalue weighted by atomic mass is 9.93. The van der Waals surface area contributed by atoms with Crippen LogP contribution in [0.1, 0.15) is 44.6 Å². The molecular formula is C16H23Cl2NO. The molecule has 0 saturated heterocycles. The smallest absolute Gasteiger partial charge is 0.0735 e. The van der Waals surface area contributed by atoms with Crippen molar-refractivity contribution in [3.63, 3.8) is 0 Å². The van der Waals surface area contributed by atoms with Crippen LogP contribution in [-0.4, -0.2) is 18.7 Å². The predicted octanol–water partition coefficient (Wildman–Crippen LogP) is 4.82. The van der Waals surface area contributed by atoms with Gasteiger partial charge in [0.05, 0.1) is 12.7 Å². The molecule has 0 aromatic heterocycles. The van der Waals surface area contributed by atoms with Crippen LogP contribution in [0, 0.1) is 0 Å². The largest absolute Gasteiger partial charge is 0.373 e. The SMILES string of the molecule is CCCNC1CCC(OCc2ccc(Cl)cc2Cl)CC1. The quantitative estimate of drug-likeness (QED) is 0.812. The van der Waals surface area contributed by atoms with Gasteiger partial charge in [0.15, 0.2) is 0 Å². The first-order valence-corrected chi connectivity index (χ1v) is 8.23. The van der Waals surface area contributed by atoms with E-state index in [0.29, 0.717) is 28.8 Å². The number of nitrogens with one attached hydrogen (secondary N) is 1. The van der Waals surface area contributed by atoms with Gasteiger partial charge in [-0.2, -0.15) is 0 Å². The van der Waals surface area contributed by atoms with E-state index in [4.69, 9.17) is 27.9 Å². The maximum absolute atomic E-state index is 6.15. The fourth-order valence-corrected chi connectivity index (χ4v) is 3.09. The van der Waals surface area contributed by atoms with Gasteiger partial charge in [0.1, 0.15) is 0 Å². The molecule has 112 valence electrons. The average molecular weight is 316 g/mol. The standard InChI is InChI=1S/C16H23Cl2NO/c1-2-9-19-14-5-7-15(8-6-14)20-11-12-3-4-13(17)10-16(12)18/h3-4,10,14-15,19H,2,5-9,11H2,1H3. The van der Waals surface area contributed by atoms with E-state index in [1.807, 2.05) is 12.1 Å². The number of halogens is 2. The van der Waals surface area contributed by atoms with Crippen molar-refractivity contribution in [1.82, 2.24) is 5.32 Å². The first-order chi connectivity index (χ1) is 9.69. The lowest BCUT2D eigenvalue weighted by Crippen LogP contribution is -2.35. The zero-order valence-electron chi connectivity index (χ0n) is 12.0. The highest BCUT2D eigenvalue weighted by Crippen LogP contribution is 2.25. The highest BCUT2D eigenvalue weighted by molar-refractivity contribution is 6.35. The van der Waals surface area contributed by atoms with Crippen molar-refractivity contribution in [2.75, 3.05) is 6.54 Å². The van der Waals surface area contributed by atoms with Crippen molar-refractivity contribution in [1.29, 1.82) is 0 Å². The molecule has 1 aromatic carbocycles. The molecule has 1 aliphatic carbocycles. The molecule has 1 N–H and O–H groups in total. The number of hydrogen-bond donors (Lipinski definition) is 1.